The van der Waals surface area contributed by atoms with E-state index in [0.717, 1.165) is 26.1 Å². The van der Waals surface area contributed by atoms with Gasteiger partial charge in [-0.05, 0) is 32.4 Å². The van der Waals surface area contributed by atoms with Gasteiger partial charge in [0, 0.05) is 58.6 Å². The number of rotatable bonds is 8. The van der Waals surface area contributed by atoms with Crippen LogP contribution in [-0.4, -0.2) is 90.5 Å². The molecule has 2 rings (SSSR count). The normalized spacial score (nSPS) is 14.6. The summed E-state index contributed by atoms with van der Waals surface area (Å²) in [5.41, 5.74) is 0.477. The highest BCUT2D eigenvalue weighted by atomic mass is 16.2. The van der Waals surface area contributed by atoms with Crippen LogP contribution in [0, 0.1) is 11.3 Å². The van der Waals surface area contributed by atoms with E-state index in [-0.39, 0.29) is 11.9 Å². The zero-order valence-electron chi connectivity index (χ0n) is 17.4. The van der Waals surface area contributed by atoms with Gasteiger partial charge in [-0.2, -0.15) is 5.26 Å². The first-order valence-corrected chi connectivity index (χ1v) is 10.2. The number of nitrogens with one attached hydrogen (secondary N) is 2. The van der Waals surface area contributed by atoms with Crippen molar-refractivity contribution in [2.75, 3.05) is 64.2 Å². The van der Waals surface area contributed by atoms with E-state index in [1.54, 1.807) is 23.2 Å². The summed E-state index contributed by atoms with van der Waals surface area (Å²) in [6.45, 7) is 9.52. The summed E-state index contributed by atoms with van der Waals surface area (Å²) in [6.07, 6.45) is 2.46. The maximum absolute atomic E-state index is 12.4. The maximum Gasteiger partial charge on any atom is 0.317 e. The van der Waals surface area contributed by atoms with Crippen LogP contribution in [0.3, 0.4) is 0 Å². The first-order valence-electron chi connectivity index (χ1n) is 10.2. The summed E-state index contributed by atoms with van der Waals surface area (Å²) in [4.78, 5) is 34.6. The van der Waals surface area contributed by atoms with Gasteiger partial charge >= 0.3 is 6.03 Å². The molecular weight excluding hydrogens is 370 g/mol. The Morgan fingerprint density at radius 3 is 2.72 bits per heavy atom. The molecule has 2 heterocycles. The lowest BCUT2D eigenvalue weighted by Gasteiger charge is -2.25. The molecule has 0 radical (unpaired) electrons. The van der Waals surface area contributed by atoms with Crippen molar-refractivity contribution in [3.05, 3.63) is 23.9 Å². The molecular formula is C20H31N7O2. The van der Waals surface area contributed by atoms with Gasteiger partial charge in [0.05, 0.1) is 12.1 Å². The molecule has 158 valence electrons. The molecule has 29 heavy (non-hydrogen) atoms. The largest absolute Gasteiger partial charge is 0.367 e. The summed E-state index contributed by atoms with van der Waals surface area (Å²) in [5, 5.41) is 15.0. The van der Waals surface area contributed by atoms with Crippen molar-refractivity contribution in [1.29, 1.82) is 5.26 Å². The van der Waals surface area contributed by atoms with Crippen LogP contribution >= 0.6 is 0 Å². The van der Waals surface area contributed by atoms with Crippen molar-refractivity contribution in [3.63, 3.8) is 0 Å². The maximum atomic E-state index is 12.4. The number of carbonyl (C=O) groups excluding carboxylic acids is 2. The molecule has 9 heteroatoms. The average Bonchev–Trinajstić information content (AvgIpc) is 2.98. The van der Waals surface area contributed by atoms with Crippen molar-refractivity contribution < 1.29 is 9.59 Å². The molecule has 1 fully saturated rings. The fourth-order valence-electron chi connectivity index (χ4n) is 3.30. The van der Waals surface area contributed by atoms with Gasteiger partial charge in [-0.15, -0.1) is 0 Å². The van der Waals surface area contributed by atoms with Crippen LogP contribution in [0.25, 0.3) is 0 Å². The van der Waals surface area contributed by atoms with Crippen LogP contribution in [-0.2, 0) is 4.79 Å². The highest BCUT2D eigenvalue weighted by Gasteiger charge is 2.21. The van der Waals surface area contributed by atoms with Gasteiger partial charge in [0.2, 0.25) is 5.91 Å². The third-order valence-corrected chi connectivity index (χ3v) is 4.97. The van der Waals surface area contributed by atoms with Crippen LogP contribution in [0.5, 0.6) is 0 Å². The molecule has 0 spiro atoms. The highest BCUT2D eigenvalue weighted by molar-refractivity contribution is 5.78. The van der Waals surface area contributed by atoms with Crippen molar-refractivity contribution >= 4 is 17.8 Å². The van der Waals surface area contributed by atoms with Crippen LogP contribution < -0.4 is 10.6 Å². The lowest BCUT2D eigenvalue weighted by Crippen LogP contribution is -2.44. The standard InChI is InChI=1S/C20H31N7O2/c1-3-26(4-2)18(28)16-25-11-6-12-27(14-13-25)20(29)24-10-9-23-19-17(15-21)7-5-8-22-19/h5,7-8H,3-4,6,9-14,16H2,1-2H3,(H,22,23)(H,24,29). The van der Waals surface area contributed by atoms with E-state index in [1.807, 2.05) is 18.7 Å². The van der Waals surface area contributed by atoms with Crippen LogP contribution in [0.2, 0.25) is 0 Å². The van der Waals surface area contributed by atoms with E-state index in [0.29, 0.717) is 50.6 Å². The Morgan fingerprint density at radius 2 is 2.00 bits per heavy atom. The van der Waals surface area contributed by atoms with Gasteiger partial charge in [0.1, 0.15) is 11.9 Å². The molecule has 0 bridgehead atoms. The number of carbonyl (C=O) groups is 2. The van der Waals surface area contributed by atoms with Crippen molar-refractivity contribution in [2.24, 2.45) is 0 Å². The first-order chi connectivity index (χ1) is 14.1. The summed E-state index contributed by atoms with van der Waals surface area (Å²) in [5.74, 6) is 0.665. The predicted octanol–water partition coefficient (Wildman–Crippen LogP) is 0.951. The summed E-state index contributed by atoms with van der Waals surface area (Å²) < 4.78 is 0. The van der Waals surface area contributed by atoms with Gasteiger partial charge in [-0.3, -0.25) is 9.69 Å². The second-order valence-electron chi connectivity index (χ2n) is 6.85. The molecule has 0 saturated carbocycles. The molecule has 1 aromatic heterocycles. The van der Waals surface area contributed by atoms with Crippen LogP contribution in [0.15, 0.2) is 18.3 Å². The molecule has 0 aromatic carbocycles. The predicted molar refractivity (Wildman–Crippen MR) is 111 cm³/mol. The van der Waals surface area contributed by atoms with Crippen molar-refractivity contribution in [3.8, 4) is 6.07 Å². The molecule has 1 aliphatic heterocycles. The van der Waals surface area contributed by atoms with Gasteiger partial charge in [0.25, 0.3) is 0 Å². The van der Waals surface area contributed by atoms with Crippen molar-refractivity contribution in [1.82, 2.24) is 25.0 Å². The monoisotopic (exact) mass is 401 g/mol. The van der Waals surface area contributed by atoms with E-state index < -0.39 is 0 Å². The number of hydrogen-bond acceptors (Lipinski definition) is 6. The van der Waals surface area contributed by atoms with E-state index in [4.69, 9.17) is 5.26 Å². The third-order valence-electron chi connectivity index (χ3n) is 4.97. The van der Waals surface area contributed by atoms with Gasteiger partial charge in [-0.25, -0.2) is 9.78 Å². The SMILES string of the molecule is CCN(CC)C(=O)CN1CCCN(C(=O)NCCNc2ncccc2C#N)CC1. The number of nitrogens with zero attached hydrogens (tertiary/aromatic N) is 5. The Bertz CT molecular complexity index is 715. The minimum atomic E-state index is -0.106. The zero-order chi connectivity index (χ0) is 21.1. The van der Waals surface area contributed by atoms with Crippen molar-refractivity contribution in [2.45, 2.75) is 20.3 Å². The fourth-order valence-corrected chi connectivity index (χ4v) is 3.30. The number of likely N-dealkylation sites (N-methyl/N-ethyl adjacent to an activating group) is 1. The Kier molecular flexibility index (Phi) is 9.18. The third kappa shape index (κ3) is 6.91. The Morgan fingerprint density at radius 1 is 1.21 bits per heavy atom. The molecule has 0 aliphatic carbocycles. The zero-order valence-corrected chi connectivity index (χ0v) is 17.4. The molecule has 1 aliphatic rings. The minimum Gasteiger partial charge on any atom is -0.367 e. The summed E-state index contributed by atoms with van der Waals surface area (Å²) in [6, 6.07) is 5.39. The average molecular weight is 402 g/mol. The van der Waals surface area contributed by atoms with E-state index in [1.165, 1.54) is 0 Å². The lowest BCUT2D eigenvalue weighted by atomic mass is 10.3. The van der Waals surface area contributed by atoms with Gasteiger partial charge in [0.15, 0.2) is 0 Å². The molecule has 9 nitrogen and oxygen atoms in total. The molecule has 3 amide bonds. The van der Waals surface area contributed by atoms with Gasteiger partial charge < -0.3 is 20.4 Å². The molecule has 1 aromatic rings. The summed E-state index contributed by atoms with van der Waals surface area (Å²) >= 11 is 0. The topological polar surface area (TPSA) is 105 Å². The number of anilines is 1. The van der Waals surface area contributed by atoms with E-state index in [2.05, 4.69) is 26.6 Å². The van der Waals surface area contributed by atoms with Crippen LogP contribution in [0.4, 0.5) is 10.6 Å². The number of aromatic nitrogens is 1. The fraction of sp³-hybridized carbons (Fsp3) is 0.600. The number of amides is 3. The van der Waals surface area contributed by atoms with E-state index in [9.17, 15) is 9.59 Å². The summed E-state index contributed by atoms with van der Waals surface area (Å²) in [7, 11) is 0. The van der Waals surface area contributed by atoms with Gasteiger partial charge in [-0.1, -0.05) is 0 Å². The quantitative estimate of drug-likeness (QED) is 0.629. The second-order valence-corrected chi connectivity index (χ2v) is 6.85. The molecule has 0 unspecified atom stereocenters. The Labute approximate surface area is 172 Å². The molecule has 0 atom stereocenters. The van der Waals surface area contributed by atoms with Crippen LogP contribution in [0.1, 0.15) is 25.8 Å². The number of nitriles is 1. The number of hydrogen-bond donors (Lipinski definition) is 2. The Balaban J connectivity index is 1.72. The highest BCUT2D eigenvalue weighted by Crippen LogP contribution is 2.08. The first kappa shape index (κ1) is 22.4. The Hall–Kier alpha value is -2.86. The van der Waals surface area contributed by atoms with E-state index >= 15 is 0 Å². The smallest absolute Gasteiger partial charge is 0.317 e. The molecule has 2 N–H and O–H groups in total. The molecule has 1 saturated heterocycles. The second kappa shape index (κ2) is 11.9. The minimum absolute atomic E-state index is 0.106. The number of urea groups is 1. The number of pyridine rings is 1. The lowest BCUT2D eigenvalue weighted by molar-refractivity contribution is -0.132.